The SMILES string of the molecule is CC(C(=O)N1CCOCC1)N(C)CC1CCCNC1. The summed E-state index contributed by atoms with van der Waals surface area (Å²) in [6.45, 7) is 8.08. The number of nitrogens with zero attached hydrogens (tertiary/aromatic N) is 2. The fourth-order valence-corrected chi connectivity index (χ4v) is 2.88. The molecule has 0 bridgehead atoms. The summed E-state index contributed by atoms with van der Waals surface area (Å²) in [5.41, 5.74) is 0. The maximum Gasteiger partial charge on any atom is 0.239 e. The lowest BCUT2D eigenvalue weighted by atomic mass is 9.98. The molecule has 2 saturated heterocycles. The summed E-state index contributed by atoms with van der Waals surface area (Å²) in [6, 6.07) is -0.0278. The summed E-state index contributed by atoms with van der Waals surface area (Å²) in [6.07, 6.45) is 2.53. The molecule has 0 aromatic carbocycles. The van der Waals surface area contributed by atoms with Crippen LogP contribution in [0.3, 0.4) is 0 Å². The fourth-order valence-electron chi connectivity index (χ4n) is 2.88. The lowest BCUT2D eigenvalue weighted by Gasteiger charge is -2.35. The molecule has 0 aliphatic carbocycles. The standard InChI is InChI=1S/C14H27N3O2/c1-12(14(18)17-6-8-19-9-7-17)16(2)11-13-4-3-5-15-10-13/h12-13,15H,3-11H2,1-2H3. The van der Waals surface area contributed by atoms with E-state index in [-0.39, 0.29) is 11.9 Å². The highest BCUT2D eigenvalue weighted by Gasteiger charge is 2.26. The molecule has 0 radical (unpaired) electrons. The predicted molar refractivity (Wildman–Crippen MR) is 75.1 cm³/mol. The minimum Gasteiger partial charge on any atom is -0.378 e. The van der Waals surface area contributed by atoms with Gasteiger partial charge in [-0.3, -0.25) is 9.69 Å². The van der Waals surface area contributed by atoms with Crippen LogP contribution in [0.4, 0.5) is 0 Å². The zero-order chi connectivity index (χ0) is 13.7. The lowest BCUT2D eigenvalue weighted by molar-refractivity contribution is -0.140. The first kappa shape index (κ1) is 14.8. The first-order chi connectivity index (χ1) is 9.18. The maximum absolute atomic E-state index is 12.4. The van der Waals surface area contributed by atoms with Crippen molar-refractivity contribution < 1.29 is 9.53 Å². The van der Waals surface area contributed by atoms with E-state index in [1.165, 1.54) is 12.8 Å². The quantitative estimate of drug-likeness (QED) is 0.790. The number of rotatable bonds is 4. The number of hydrogen-bond acceptors (Lipinski definition) is 4. The highest BCUT2D eigenvalue weighted by molar-refractivity contribution is 5.81. The van der Waals surface area contributed by atoms with Crippen molar-refractivity contribution >= 4 is 5.91 Å². The van der Waals surface area contributed by atoms with Crippen LogP contribution >= 0.6 is 0 Å². The minimum atomic E-state index is -0.0278. The molecule has 1 amide bonds. The third-order valence-corrected chi connectivity index (χ3v) is 4.29. The van der Waals surface area contributed by atoms with Crippen molar-refractivity contribution in [3.05, 3.63) is 0 Å². The van der Waals surface area contributed by atoms with E-state index in [2.05, 4.69) is 17.3 Å². The fraction of sp³-hybridized carbons (Fsp3) is 0.929. The van der Waals surface area contributed by atoms with Crippen LogP contribution in [0, 0.1) is 5.92 Å². The van der Waals surface area contributed by atoms with Gasteiger partial charge in [-0.25, -0.2) is 0 Å². The highest BCUT2D eigenvalue weighted by atomic mass is 16.5. The van der Waals surface area contributed by atoms with Crippen LogP contribution in [0.2, 0.25) is 0 Å². The molecule has 0 aromatic heterocycles. The van der Waals surface area contributed by atoms with Gasteiger partial charge in [-0.05, 0) is 45.8 Å². The molecule has 2 aliphatic rings. The van der Waals surface area contributed by atoms with E-state index in [0.29, 0.717) is 19.1 Å². The summed E-state index contributed by atoms with van der Waals surface area (Å²) in [5.74, 6) is 0.924. The van der Waals surface area contributed by atoms with Gasteiger partial charge in [-0.15, -0.1) is 0 Å². The van der Waals surface area contributed by atoms with E-state index in [1.54, 1.807) is 0 Å². The predicted octanol–water partition coefficient (Wildman–Crippen LogP) is 0.165. The average Bonchev–Trinajstić information content (AvgIpc) is 2.47. The molecular weight excluding hydrogens is 242 g/mol. The molecule has 19 heavy (non-hydrogen) atoms. The van der Waals surface area contributed by atoms with Crippen molar-refractivity contribution in [2.75, 3.05) is 53.0 Å². The van der Waals surface area contributed by atoms with Crippen LogP contribution in [-0.4, -0.2) is 74.7 Å². The molecule has 2 heterocycles. The van der Waals surface area contributed by atoms with Crippen LogP contribution in [-0.2, 0) is 9.53 Å². The summed E-state index contributed by atoms with van der Waals surface area (Å²) in [7, 11) is 2.07. The molecule has 0 spiro atoms. The first-order valence-electron chi connectivity index (χ1n) is 7.46. The van der Waals surface area contributed by atoms with Gasteiger partial charge in [-0.2, -0.15) is 0 Å². The molecule has 2 fully saturated rings. The summed E-state index contributed by atoms with van der Waals surface area (Å²) >= 11 is 0. The molecule has 5 heteroatoms. The molecule has 0 saturated carbocycles. The number of nitrogens with one attached hydrogen (secondary N) is 1. The van der Waals surface area contributed by atoms with Gasteiger partial charge in [-0.1, -0.05) is 0 Å². The van der Waals surface area contributed by atoms with E-state index in [4.69, 9.17) is 4.74 Å². The number of carbonyl (C=O) groups is 1. The Morgan fingerprint density at radius 1 is 1.47 bits per heavy atom. The van der Waals surface area contributed by atoms with E-state index in [1.807, 2.05) is 11.8 Å². The van der Waals surface area contributed by atoms with Crippen LogP contribution in [0.15, 0.2) is 0 Å². The zero-order valence-corrected chi connectivity index (χ0v) is 12.2. The molecule has 2 unspecified atom stereocenters. The number of amides is 1. The van der Waals surface area contributed by atoms with Crippen LogP contribution in [0.5, 0.6) is 0 Å². The Bertz CT molecular complexity index is 286. The molecule has 2 atom stereocenters. The Morgan fingerprint density at radius 2 is 2.21 bits per heavy atom. The number of hydrogen-bond donors (Lipinski definition) is 1. The maximum atomic E-state index is 12.4. The Morgan fingerprint density at radius 3 is 2.84 bits per heavy atom. The van der Waals surface area contributed by atoms with E-state index < -0.39 is 0 Å². The molecule has 5 nitrogen and oxygen atoms in total. The van der Waals surface area contributed by atoms with Crippen molar-refractivity contribution in [1.82, 2.24) is 15.1 Å². The Balaban J connectivity index is 1.79. The summed E-state index contributed by atoms with van der Waals surface area (Å²) < 4.78 is 5.30. The van der Waals surface area contributed by atoms with Crippen molar-refractivity contribution in [3.8, 4) is 0 Å². The van der Waals surface area contributed by atoms with Gasteiger partial charge in [0.05, 0.1) is 19.3 Å². The van der Waals surface area contributed by atoms with Crippen LogP contribution < -0.4 is 5.32 Å². The largest absolute Gasteiger partial charge is 0.378 e. The smallest absolute Gasteiger partial charge is 0.239 e. The molecular formula is C14H27N3O2. The van der Waals surface area contributed by atoms with Gasteiger partial charge in [0.15, 0.2) is 0 Å². The molecule has 2 rings (SSSR count). The minimum absolute atomic E-state index is 0.0278. The normalized spacial score (nSPS) is 26.5. The monoisotopic (exact) mass is 269 g/mol. The van der Waals surface area contributed by atoms with E-state index in [9.17, 15) is 4.79 Å². The van der Waals surface area contributed by atoms with Crippen molar-refractivity contribution in [1.29, 1.82) is 0 Å². The van der Waals surface area contributed by atoms with Gasteiger partial charge < -0.3 is 15.0 Å². The number of ether oxygens (including phenoxy) is 1. The number of carbonyl (C=O) groups excluding carboxylic acids is 1. The lowest BCUT2D eigenvalue weighted by Crippen LogP contribution is -2.51. The topological polar surface area (TPSA) is 44.8 Å². The van der Waals surface area contributed by atoms with E-state index >= 15 is 0 Å². The second-order valence-corrected chi connectivity index (χ2v) is 5.77. The average molecular weight is 269 g/mol. The molecule has 2 aliphatic heterocycles. The van der Waals surface area contributed by atoms with Gasteiger partial charge in [0.2, 0.25) is 5.91 Å². The van der Waals surface area contributed by atoms with Crippen molar-refractivity contribution in [2.45, 2.75) is 25.8 Å². The van der Waals surface area contributed by atoms with Crippen LogP contribution in [0.1, 0.15) is 19.8 Å². The third kappa shape index (κ3) is 4.16. The van der Waals surface area contributed by atoms with Crippen LogP contribution in [0.25, 0.3) is 0 Å². The first-order valence-corrected chi connectivity index (χ1v) is 7.46. The Hall–Kier alpha value is -0.650. The Labute approximate surface area is 116 Å². The van der Waals surface area contributed by atoms with Gasteiger partial charge in [0.1, 0.15) is 0 Å². The van der Waals surface area contributed by atoms with Crippen molar-refractivity contribution in [3.63, 3.8) is 0 Å². The third-order valence-electron chi connectivity index (χ3n) is 4.29. The second kappa shape index (κ2) is 7.22. The van der Waals surface area contributed by atoms with E-state index in [0.717, 1.165) is 32.7 Å². The van der Waals surface area contributed by atoms with Gasteiger partial charge in [0, 0.05) is 19.6 Å². The summed E-state index contributed by atoms with van der Waals surface area (Å²) in [4.78, 5) is 16.5. The zero-order valence-electron chi connectivity index (χ0n) is 12.2. The van der Waals surface area contributed by atoms with Gasteiger partial charge in [0.25, 0.3) is 0 Å². The van der Waals surface area contributed by atoms with Gasteiger partial charge >= 0.3 is 0 Å². The summed E-state index contributed by atoms with van der Waals surface area (Å²) in [5, 5.41) is 3.43. The number of piperidine rings is 1. The number of likely N-dealkylation sites (N-methyl/N-ethyl adjacent to an activating group) is 1. The molecule has 0 aromatic rings. The highest BCUT2D eigenvalue weighted by Crippen LogP contribution is 2.13. The Kier molecular flexibility index (Phi) is 5.60. The molecule has 1 N–H and O–H groups in total. The van der Waals surface area contributed by atoms with Crippen molar-refractivity contribution in [2.24, 2.45) is 5.92 Å². The number of morpholine rings is 1. The molecule has 110 valence electrons. The second-order valence-electron chi connectivity index (χ2n) is 5.77.